The van der Waals surface area contributed by atoms with Crippen LogP contribution in [0.3, 0.4) is 0 Å². The van der Waals surface area contributed by atoms with E-state index >= 15 is 0 Å². The molecule has 4 rings (SSSR count). The summed E-state index contributed by atoms with van der Waals surface area (Å²) in [6, 6.07) is 6.18. The summed E-state index contributed by atoms with van der Waals surface area (Å²) in [6.07, 6.45) is 4.23. The van der Waals surface area contributed by atoms with Crippen LogP contribution in [-0.4, -0.2) is 71.0 Å². The van der Waals surface area contributed by atoms with Gasteiger partial charge in [-0.1, -0.05) is 0 Å². The van der Waals surface area contributed by atoms with Crippen LogP contribution >= 0.6 is 11.3 Å². The van der Waals surface area contributed by atoms with Crippen LogP contribution < -0.4 is 0 Å². The quantitative estimate of drug-likeness (QED) is 0.814. The van der Waals surface area contributed by atoms with E-state index in [4.69, 9.17) is 0 Å². The number of nitrogens with one attached hydrogen (secondary N) is 1. The number of rotatable bonds is 4. The van der Waals surface area contributed by atoms with Crippen LogP contribution in [0.5, 0.6) is 0 Å². The van der Waals surface area contributed by atoms with Gasteiger partial charge in [0.05, 0.1) is 22.4 Å². The molecule has 0 radical (unpaired) electrons. The van der Waals surface area contributed by atoms with E-state index in [1.807, 2.05) is 6.07 Å². The Hall–Kier alpha value is -1.26. The summed E-state index contributed by atoms with van der Waals surface area (Å²) in [5, 5.41) is 17.9. The van der Waals surface area contributed by atoms with Crippen LogP contribution in [0.15, 0.2) is 24.4 Å². The molecule has 9 heteroatoms. The molecular formula is C17H24N4O3S2. The number of likely N-dealkylation sites (tertiary alicyclic amines) is 1. The molecule has 7 nitrogen and oxygen atoms in total. The third kappa shape index (κ3) is 3.59. The minimum Gasteiger partial charge on any atom is -0.389 e. The molecule has 2 atom stereocenters. The fraction of sp³-hybridized carbons (Fsp3) is 0.588. The van der Waals surface area contributed by atoms with Gasteiger partial charge < -0.3 is 5.11 Å². The molecule has 4 heterocycles. The highest BCUT2D eigenvalue weighted by Crippen LogP contribution is 2.37. The molecule has 0 amide bonds. The van der Waals surface area contributed by atoms with Crippen molar-refractivity contribution < 1.29 is 13.5 Å². The van der Waals surface area contributed by atoms with E-state index < -0.39 is 15.6 Å². The second-order valence-electron chi connectivity index (χ2n) is 7.39. The average molecular weight is 397 g/mol. The van der Waals surface area contributed by atoms with Gasteiger partial charge in [-0.2, -0.15) is 5.10 Å². The molecule has 2 aromatic heterocycles. The van der Waals surface area contributed by atoms with Crippen molar-refractivity contribution in [1.29, 1.82) is 0 Å². The van der Waals surface area contributed by atoms with Gasteiger partial charge in [-0.25, -0.2) is 12.7 Å². The Morgan fingerprint density at radius 3 is 2.85 bits per heavy atom. The number of fused-ring (bicyclic) bond motifs is 1. The van der Waals surface area contributed by atoms with Gasteiger partial charge in [0.15, 0.2) is 0 Å². The zero-order chi connectivity index (χ0) is 18.4. The van der Waals surface area contributed by atoms with Crippen molar-refractivity contribution >= 4 is 21.4 Å². The highest BCUT2D eigenvalue weighted by molar-refractivity contribution is 7.88. The van der Waals surface area contributed by atoms with E-state index in [1.165, 1.54) is 15.4 Å². The molecule has 2 saturated heterocycles. The monoisotopic (exact) mass is 396 g/mol. The van der Waals surface area contributed by atoms with Crippen LogP contribution in [0.25, 0.3) is 10.6 Å². The number of thiophene rings is 1. The van der Waals surface area contributed by atoms with Crippen molar-refractivity contribution in [2.45, 2.75) is 25.0 Å². The van der Waals surface area contributed by atoms with Crippen LogP contribution in [-0.2, 0) is 16.6 Å². The predicted octanol–water partition coefficient (Wildman–Crippen LogP) is 1.36. The molecule has 0 bridgehead atoms. The van der Waals surface area contributed by atoms with Crippen molar-refractivity contribution in [3.8, 4) is 10.6 Å². The van der Waals surface area contributed by atoms with E-state index in [0.717, 1.165) is 30.2 Å². The van der Waals surface area contributed by atoms with Gasteiger partial charge in [0, 0.05) is 49.7 Å². The highest BCUT2D eigenvalue weighted by Gasteiger charge is 2.46. The summed E-state index contributed by atoms with van der Waals surface area (Å²) in [5.41, 5.74) is 0.291. The van der Waals surface area contributed by atoms with Gasteiger partial charge in [-0.05, 0) is 31.0 Å². The van der Waals surface area contributed by atoms with Gasteiger partial charge in [0.25, 0.3) is 0 Å². The zero-order valence-corrected chi connectivity index (χ0v) is 16.4. The summed E-state index contributed by atoms with van der Waals surface area (Å²) >= 11 is 1.74. The van der Waals surface area contributed by atoms with Gasteiger partial charge >= 0.3 is 0 Å². The second kappa shape index (κ2) is 6.72. The summed E-state index contributed by atoms with van der Waals surface area (Å²) in [7, 11) is -3.20. The smallest absolute Gasteiger partial charge is 0.211 e. The minimum atomic E-state index is -3.20. The Bertz CT molecular complexity index is 864. The molecule has 0 saturated carbocycles. The Morgan fingerprint density at radius 1 is 1.31 bits per heavy atom. The molecule has 2 aliphatic rings. The molecule has 2 aromatic rings. The van der Waals surface area contributed by atoms with E-state index in [2.05, 4.69) is 27.2 Å². The first-order valence-corrected chi connectivity index (χ1v) is 11.5. The molecule has 2 fully saturated rings. The first-order chi connectivity index (χ1) is 12.3. The van der Waals surface area contributed by atoms with Crippen molar-refractivity contribution in [2.24, 2.45) is 5.92 Å². The molecule has 0 spiro atoms. The van der Waals surface area contributed by atoms with Crippen LogP contribution in [0.4, 0.5) is 0 Å². The molecule has 0 aliphatic carbocycles. The average Bonchev–Trinajstić information content (AvgIpc) is 3.25. The molecule has 2 N–H and O–H groups in total. The van der Waals surface area contributed by atoms with E-state index in [-0.39, 0.29) is 5.92 Å². The van der Waals surface area contributed by atoms with Crippen molar-refractivity contribution in [2.75, 3.05) is 32.4 Å². The Morgan fingerprint density at radius 2 is 2.12 bits per heavy atom. The molecular weight excluding hydrogens is 372 g/mol. The fourth-order valence-electron chi connectivity index (χ4n) is 4.01. The number of aromatic amines is 1. The standard InChI is InChI=1S/C17H24N4O3S2/c1-26(23,24)21-9-6-17(22)5-8-20(10-13(17)11-21)12-14-2-3-16(25-14)15-4-7-18-19-15/h2-4,7,13,22H,5-6,8-12H2,1H3,(H,18,19)/t13-,17-/m1/s1. The highest BCUT2D eigenvalue weighted by atomic mass is 32.2. The molecule has 26 heavy (non-hydrogen) atoms. The first-order valence-electron chi connectivity index (χ1n) is 8.82. The Balaban J connectivity index is 1.43. The Labute approximate surface area is 157 Å². The SMILES string of the molecule is CS(=O)(=O)N1CC[C@]2(O)CCN(Cc3ccc(-c4ccn[nH]4)s3)C[C@@H]2C1. The lowest BCUT2D eigenvalue weighted by Crippen LogP contribution is -2.60. The third-order valence-corrected chi connectivity index (χ3v) is 7.97. The zero-order valence-electron chi connectivity index (χ0n) is 14.8. The van der Waals surface area contributed by atoms with E-state index in [0.29, 0.717) is 25.9 Å². The van der Waals surface area contributed by atoms with E-state index in [1.54, 1.807) is 17.5 Å². The largest absolute Gasteiger partial charge is 0.389 e. The predicted molar refractivity (Wildman–Crippen MR) is 101 cm³/mol. The maximum Gasteiger partial charge on any atom is 0.211 e. The van der Waals surface area contributed by atoms with Crippen molar-refractivity contribution in [1.82, 2.24) is 19.4 Å². The number of piperidine rings is 2. The number of hydrogen-bond acceptors (Lipinski definition) is 6. The number of H-pyrrole nitrogens is 1. The van der Waals surface area contributed by atoms with Gasteiger partial charge in [0.1, 0.15) is 0 Å². The molecule has 2 aliphatic heterocycles. The second-order valence-corrected chi connectivity index (χ2v) is 10.5. The summed E-state index contributed by atoms with van der Waals surface area (Å²) in [4.78, 5) is 4.75. The van der Waals surface area contributed by atoms with Crippen LogP contribution in [0.1, 0.15) is 17.7 Å². The lowest BCUT2D eigenvalue weighted by Gasteiger charge is -2.49. The van der Waals surface area contributed by atoms with Crippen LogP contribution in [0, 0.1) is 5.92 Å². The maximum absolute atomic E-state index is 11.9. The molecule has 142 valence electrons. The van der Waals surface area contributed by atoms with Gasteiger partial charge in [-0.15, -0.1) is 11.3 Å². The topological polar surface area (TPSA) is 89.5 Å². The van der Waals surface area contributed by atoms with Crippen molar-refractivity contribution in [3.05, 3.63) is 29.3 Å². The van der Waals surface area contributed by atoms with Crippen LogP contribution in [0.2, 0.25) is 0 Å². The summed E-state index contributed by atoms with van der Waals surface area (Å²) in [6.45, 7) is 3.22. The summed E-state index contributed by atoms with van der Waals surface area (Å²) < 4.78 is 25.3. The van der Waals surface area contributed by atoms with Gasteiger partial charge in [0.2, 0.25) is 10.0 Å². The minimum absolute atomic E-state index is 0.0354. The normalized spacial score (nSPS) is 28.2. The van der Waals surface area contributed by atoms with E-state index in [9.17, 15) is 13.5 Å². The lowest BCUT2D eigenvalue weighted by molar-refractivity contribution is -0.102. The lowest BCUT2D eigenvalue weighted by atomic mass is 9.76. The third-order valence-electron chi connectivity index (χ3n) is 5.59. The number of aromatic nitrogens is 2. The molecule has 0 unspecified atom stereocenters. The number of aliphatic hydroxyl groups is 1. The van der Waals surface area contributed by atoms with Crippen molar-refractivity contribution in [3.63, 3.8) is 0 Å². The number of sulfonamides is 1. The van der Waals surface area contributed by atoms with Gasteiger partial charge in [-0.3, -0.25) is 10.00 Å². The fourth-order valence-corrected chi connectivity index (χ4v) is 5.91. The summed E-state index contributed by atoms with van der Waals surface area (Å²) in [5.74, 6) is -0.0354. The number of hydrogen-bond donors (Lipinski definition) is 2. The number of nitrogens with zero attached hydrogens (tertiary/aromatic N) is 3. The maximum atomic E-state index is 11.9. The Kier molecular flexibility index (Phi) is 4.68. The first kappa shape index (κ1) is 18.1. The molecule has 0 aromatic carbocycles.